The van der Waals surface area contributed by atoms with Crippen molar-refractivity contribution in [3.63, 3.8) is 0 Å². The van der Waals surface area contributed by atoms with Crippen LogP contribution in [0.1, 0.15) is 12.8 Å². The first-order valence-corrected chi connectivity index (χ1v) is 5.22. The number of hydrogen-bond acceptors (Lipinski definition) is 3. The summed E-state index contributed by atoms with van der Waals surface area (Å²) in [6.07, 6.45) is 4.01. The third kappa shape index (κ3) is 2.36. The molecule has 0 unspecified atom stereocenters. The molecule has 14 heavy (non-hydrogen) atoms. The van der Waals surface area contributed by atoms with Crippen molar-refractivity contribution in [3.8, 4) is 5.75 Å². The zero-order valence-electron chi connectivity index (χ0n) is 7.87. The van der Waals surface area contributed by atoms with Gasteiger partial charge in [-0.15, -0.1) is 0 Å². The lowest BCUT2D eigenvalue weighted by Gasteiger charge is -2.23. The quantitative estimate of drug-likeness (QED) is 0.760. The van der Waals surface area contributed by atoms with Crippen molar-refractivity contribution in [2.24, 2.45) is 0 Å². The standard InChI is InChI=1S/C10H13ClN2O/c11-10-9(2-1-5-13-10)14-8-3-6-12-7-4-8/h1-2,5,8,12H,3-4,6-7H2. The summed E-state index contributed by atoms with van der Waals surface area (Å²) in [5, 5.41) is 3.74. The van der Waals surface area contributed by atoms with Crippen LogP contribution in [0.4, 0.5) is 0 Å². The number of nitrogens with zero attached hydrogens (tertiary/aromatic N) is 1. The number of piperidine rings is 1. The van der Waals surface area contributed by atoms with E-state index in [2.05, 4.69) is 10.3 Å². The smallest absolute Gasteiger partial charge is 0.171 e. The van der Waals surface area contributed by atoms with Gasteiger partial charge in [0, 0.05) is 6.20 Å². The largest absolute Gasteiger partial charge is 0.487 e. The molecule has 0 radical (unpaired) electrons. The van der Waals surface area contributed by atoms with Crippen LogP contribution in [0.15, 0.2) is 18.3 Å². The van der Waals surface area contributed by atoms with Gasteiger partial charge in [-0.1, -0.05) is 11.6 Å². The van der Waals surface area contributed by atoms with Gasteiger partial charge in [0.05, 0.1) is 0 Å². The van der Waals surface area contributed by atoms with E-state index in [0.717, 1.165) is 25.9 Å². The highest BCUT2D eigenvalue weighted by Gasteiger charge is 2.15. The minimum absolute atomic E-state index is 0.276. The van der Waals surface area contributed by atoms with E-state index >= 15 is 0 Å². The molecule has 4 heteroatoms. The summed E-state index contributed by atoms with van der Waals surface area (Å²) >= 11 is 5.89. The molecule has 1 aliphatic rings. The molecule has 1 fully saturated rings. The Morgan fingerprint density at radius 2 is 2.21 bits per heavy atom. The number of halogens is 1. The fourth-order valence-corrected chi connectivity index (χ4v) is 1.72. The number of nitrogens with one attached hydrogen (secondary N) is 1. The van der Waals surface area contributed by atoms with Crippen LogP contribution in [0.3, 0.4) is 0 Å². The average molecular weight is 213 g/mol. The Balaban J connectivity index is 1.99. The highest BCUT2D eigenvalue weighted by molar-refractivity contribution is 6.30. The number of ether oxygens (including phenoxy) is 1. The van der Waals surface area contributed by atoms with Gasteiger partial charge < -0.3 is 10.1 Å². The Hall–Kier alpha value is -0.800. The molecule has 0 aromatic carbocycles. The van der Waals surface area contributed by atoms with E-state index in [1.54, 1.807) is 6.20 Å². The molecule has 2 heterocycles. The summed E-state index contributed by atoms with van der Waals surface area (Å²) in [4.78, 5) is 3.97. The lowest BCUT2D eigenvalue weighted by Crippen LogP contribution is -2.34. The zero-order chi connectivity index (χ0) is 9.80. The highest BCUT2D eigenvalue weighted by atomic mass is 35.5. The monoisotopic (exact) mass is 212 g/mol. The fraction of sp³-hybridized carbons (Fsp3) is 0.500. The molecule has 2 rings (SSSR count). The van der Waals surface area contributed by atoms with Crippen molar-refractivity contribution in [2.75, 3.05) is 13.1 Å². The summed E-state index contributed by atoms with van der Waals surface area (Å²) < 4.78 is 5.75. The summed E-state index contributed by atoms with van der Waals surface area (Å²) in [6, 6.07) is 3.69. The van der Waals surface area contributed by atoms with Gasteiger partial charge in [-0.2, -0.15) is 0 Å². The van der Waals surface area contributed by atoms with Crippen LogP contribution in [0, 0.1) is 0 Å². The van der Waals surface area contributed by atoms with E-state index in [1.165, 1.54) is 0 Å². The molecule has 0 saturated carbocycles. The minimum Gasteiger partial charge on any atom is -0.487 e. The SMILES string of the molecule is Clc1ncccc1OC1CCNCC1. The lowest BCUT2D eigenvalue weighted by molar-refractivity contribution is 0.162. The average Bonchev–Trinajstić information content (AvgIpc) is 2.23. The highest BCUT2D eigenvalue weighted by Crippen LogP contribution is 2.23. The molecule has 76 valence electrons. The third-order valence-corrected chi connectivity index (χ3v) is 2.59. The maximum Gasteiger partial charge on any atom is 0.171 e. The van der Waals surface area contributed by atoms with Gasteiger partial charge in [0.25, 0.3) is 0 Å². The maximum atomic E-state index is 5.89. The Bertz CT molecular complexity index is 300. The van der Waals surface area contributed by atoms with Crippen LogP contribution < -0.4 is 10.1 Å². The van der Waals surface area contributed by atoms with Crippen LogP contribution in [0.2, 0.25) is 5.15 Å². The van der Waals surface area contributed by atoms with Gasteiger partial charge in [0.2, 0.25) is 0 Å². The molecule has 0 bridgehead atoms. The first-order chi connectivity index (χ1) is 6.86. The molecule has 3 nitrogen and oxygen atoms in total. The third-order valence-electron chi connectivity index (χ3n) is 2.30. The van der Waals surface area contributed by atoms with Crippen molar-refractivity contribution in [1.82, 2.24) is 10.3 Å². The van der Waals surface area contributed by atoms with Crippen LogP contribution in [0.25, 0.3) is 0 Å². The molecule has 1 saturated heterocycles. The van der Waals surface area contributed by atoms with Crippen LogP contribution >= 0.6 is 11.6 Å². The van der Waals surface area contributed by atoms with E-state index < -0.39 is 0 Å². The maximum absolute atomic E-state index is 5.89. The van der Waals surface area contributed by atoms with Crippen LogP contribution in [-0.4, -0.2) is 24.2 Å². The van der Waals surface area contributed by atoms with Crippen LogP contribution in [0.5, 0.6) is 5.75 Å². The lowest BCUT2D eigenvalue weighted by atomic mass is 10.1. The van der Waals surface area contributed by atoms with Gasteiger partial charge in [0.1, 0.15) is 6.10 Å². The van der Waals surface area contributed by atoms with Crippen molar-refractivity contribution in [1.29, 1.82) is 0 Å². The number of aromatic nitrogens is 1. The Labute approximate surface area is 88.4 Å². The second-order valence-electron chi connectivity index (χ2n) is 3.36. The second-order valence-corrected chi connectivity index (χ2v) is 3.72. The molecular formula is C10H13ClN2O. The van der Waals surface area contributed by atoms with Gasteiger partial charge in [0.15, 0.2) is 10.9 Å². The van der Waals surface area contributed by atoms with E-state index in [0.29, 0.717) is 10.9 Å². The molecule has 0 atom stereocenters. The summed E-state index contributed by atoms with van der Waals surface area (Å²) in [6.45, 7) is 2.03. The molecule has 1 aliphatic heterocycles. The molecule has 0 aliphatic carbocycles. The zero-order valence-corrected chi connectivity index (χ0v) is 8.63. The second kappa shape index (κ2) is 4.62. The van der Waals surface area contributed by atoms with Gasteiger partial charge >= 0.3 is 0 Å². The number of rotatable bonds is 2. The number of hydrogen-bond donors (Lipinski definition) is 1. The predicted molar refractivity (Wildman–Crippen MR) is 55.8 cm³/mol. The summed E-state index contributed by atoms with van der Waals surface area (Å²) in [5.41, 5.74) is 0. The fourth-order valence-electron chi connectivity index (χ4n) is 1.55. The van der Waals surface area contributed by atoms with E-state index in [-0.39, 0.29) is 6.10 Å². The molecule has 0 spiro atoms. The Kier molecular flexibility index (Phi) is 3.22. The summed E-state index contributed by atoms with van der Waals surface area (Å²) in [5.74, 6) is 0.695. The normalized spacial score (nSPS) is 18.1. The molecule has 0 amide bonds. The Morgan fingerprint density at radius 3 is 2.93 bits per heavy atom. The van der Waals surface area contributed by atoms with E-state index in [4.69, 9.17) is 16.3 Å². The molecular weight excluding hydrogens is 200 g/mol. The van der Waals surface area contributed by atoms with Crippen molar-refractivity contribution < 1.29 is 4.74 Å². The topological polar surface area (TPSA) is 34.1 Å². The first kappa shape index (κ1) is 9.74. The van der Waals surface area contributed by atoms with Gasteiger partial charge in [-0.05, 0) is 38.1 Å². The molecule has 1 aromatic heterocycles. The molecule has 1 aromatic rings. The van der Waals surface area contributed by atoms with Crippen molar-refractivity contribution in [2.45, 2.75) is 18.9 Å². The minimum atomic E-state index is 0.276. The first-order valence-electron chi connectivity index (χ1n) is 4.84. The van der Waals surface area contributed by atoms with Gasteiger partial charge in [-0.25, -0.2) is 4.98 Å². The van der Waals surface area contributed by atoms with Gasteiger partial charge in [-0.3, -0.25) is 0 Å². The molecule has 1 N–H and O–H groups in total. The van der Waals surface area contributed by atoms with E-state index in [1.807, 2.05) is 12.1 Å². The predicted octanol–water partition coefficient (Wildman–Crippen LogP) is 1.87. The van der Waals surface area contributed by atoms with Crippen molar-refractivity contribution >= 4 is 11.6 Å². The van der Waals surface area contributed by atoms with E-state index in [9.17, 15) is 0 Å². The van der Waals surface area contributed by atoms with Crippen LogP contribution in [-0.2, 0) is 0 Å². The van der Waals surface area contributed by atoms with Crippen molar-refractivity contribution in [3.05, 3.63) is 23.5 Å². The Morgan fingerprint density at radius 1 is 1.43 bits per heavy atom. The number of pyridine rings is 1. The summed E-state index contributed by atoms with van der Waals surface area (Å²) in [7, 11) is 0.